The fraction of sp³-hybridized carbons (Fsp3) is 0.400. The van der Waals surface area contributed by atoms with Gasteiger partial charge in [0, 0.05) is 18.8 Å². The van der Waals surface area contributed by atoms with E-state index in [0.717, 1.165) is 12.2 Å². The van der Waals surface area contributed by atoms with Gasteiger partial charge in [-0.3, -0.25) is 0 Å². The van der Waals surface area contributed by atoms with Crippen LogP contribution in [0.3, 0.4) is 0 Å². The highest BCUT2D eigenvalue weighted by molar-refractivity contribution is 5.45. The highest BCUT2D eigenvalue weighted by Gasteiger charge is 2.00. The van der Waals surface area contributed by atoms with Gasteiger partial charge in [0.25, 0.3) is 0 Å². The van der Waals surface area contributed by atoms with Crippen LogP contribution < -0.4 is 4.90 Å². The third-order valence-electron chi connectivity index (χ3n) is 1.81. The Hall–Kier alpha value is -1.02. The molecule has 1 aromatic carbocycles. The molecule has 0 heterocycles. The van der Waals surface area contributed by atoms with Crippen molar-refractivity contribution in [2.75, 3.05) is 24.6 Å². The number of rotatable bonds is 4. The van der Waals surface area contributed by atoms with Crippen molar-refractivity contribution in [2.24, 2.45) is 0 Å². The van der Waals surface area contributed by atoms with Gasteiger partial charge in [-0.15, -0.1) is 0 Å². The molecule has 0 saturated heterocycles. The van der Waals surface area contributed by atoms with Gasteiger partial charge in [0.1, 0.15) is 0 Å². The zero-order valence-corrected chi connectivity index (χ0v) is 7.33. The maximum Gasteiger partial charge on any atom is 0.0606 e. The van der Waals surface area contributed by atoms with Gasteiger partial charge < -0.3 is 10.0 Å². The number of anilines is 1. The summed E-state index contributed by atoms with van der Waals surface area (Å²) in [5.41, 5.74) is 1.12. The molecule has 0 aromatic heterocycles. The molecule has 0 aliphatic heterocycles. The summed E-state index contributed by atoms with van der Waals surface area (Å²) in [6, 6.07) is 10.8. The summed E-state index contributed by atoms with van der Waals surface area (Å²) in [5.74, 6) is 0. The fourth-order valence-corrected chi connectivity index (χ4v) is 1.17. The Balaban J connectivity index is 2.66. The van der Waals surface area contributed by atoms with Gasteiger partial charge in [0.05, 0.1) is 6.61 Å². The second kappa shape index (κ2) is 4.78. The smallest absolute Gasteiger partial charge is 0.0606 e. The Morgan fingerprint density at radius 1 is 1.58 bits per heavy atom. The summed E-state index contributed by atoms with van der Waals surface area (Å²) in [6.07, 6.45) is 0. The van der Waals surface area contributed by atoms with E-state index in [4.69, 9.17) is 5.11 Å². The van der Waals surface area contributed by atoms with Crippen LogP contribution in [0, 0.1) is 6.07 Å². The first-order valence-electron chi connectivity index (χ1n) is 4.20. The predicted octanol–water partition coefficient (Wildman–Crippen LogP) is 1.31. The molecule has 0 spiro atoms. The predicted molar refractivity (Wildman–Crippen MR) is 50.3 cm³/mol. The maximum atomic E-state index is 8.78. The molecule has 1 N–H and O–H groups in total. The number of benzene rings is 1. The molecular weight excluding hydrogens is 150 g/mol. The summed E-state index contributed by atoms with van der Waals surface area (Å²) in [6.45, 7) is 3.87. The van der Waals surface area contributed by atoms with E-state index in [-0.39, 0.29) is 6.61 Å². The number of likely N-dealkylation sites (N-methyl/N-ethyl adjacent to an activating group) is 1. The summed E-state index contributed by atoms with van der Waals surface area (Å²) in [5, 5.41) is 8.78. The summed E-state index contributed by atoms with van der Waals surface area (Å²) < 4.78 is 0. The lowest BCUT2D eigenvalue weighted by molar-refractivity contribution is 0.302. The van der Waals surface area contributed by atoms with Crippen molar-refractivity contribution in [1.29, 1.82) is 0 Å². The van der Waals surface area contributed by atoms with Gasteiger partial charge in [-0.2, -0.15) is 0 Å². The van der Waals surface area contributed by atoms with E-state index in [9.17, 15) is 0 Å². The Kier molecular flexibility index (Phi) is 3.61. The van der Waals surface area contributed by atoms with Crippen LogP contribution in [0.15, 0.2) is 24.3 Å². The first kappa shape index (κ1) is 9.07. The van der Waals surface area contributed by atoms with Crippen LogP contribution in [0.2, 0.25) is 0 Å². The van der Waals surface area contributed by atoms with Crippen LogP contribution in [0.25, 0.3) is 0 Å². The second-order valence-corrected chi connectivity index (χ2v) is 2.56. The lowest BCUT2D eigenvalue weighted by Crippen LogP contribution is -2.25. The molecule has 0 amide bonds. The average molecular weight is 164 g/mol. The third kappa shape index (κ3) is 2.24. The van der Waals surface area contributed by atoms with Crippen LogP contribution in [0.5, 0.6) is 0 Å². The standard InChI is InChI=1S/C10H14NO/c1-2-11(8-9-12)10-6-4-3-5-7-10/h3-4,6-7,12H,2,8-9H2,1H3. The molecule has 0 bridgehead atoms. The fourth-order valence-electron chi connectivity index (χ4n) is 1.17. The Morgan fingerprint density at radius 2 is 2.42 bits per heavy atom. The van der Waals surface area contributed by atoms with E-state index >= 15 is 0 Å². The molecule has 0 aliphatic rings. The SMILES string of the molecule is CCN(CCO)c1c[c]ccc1. The number of aliphatic hydroxyl groups excluding tert-OH is 1. The van der Waals surface area contributed by atoms with Crippen molar-refractivity contribution >= 4 is 5.69 Å². The minimum absolute atomic E-state index is 0.197. The highest BCUT2D eigenvalue weighted by atomic mass is 16.3. The molecule has 1 aromatic rings. The molecule has 0 atom stereocenters. The Morgan fingerprint density at radius 3 is 2.92 bits per heavy atom. The maximum absolute atomic E-state index is 8.78. The van der Waals surface area contributed by atoms with Crippen LogP contribution in [0.1, 0.15) is 6.92 Å². The van der Waals surface area contributed by atoms with Crippen molar-refractivity contribution in [1.82, 2.24) is 0 Å². The van der Waals surface area contributed by atoms with Crippen molar-refractivity contribution in [3.8, 4) is 0 Å². The topological polar surface area (TPSA) is 23.5 Å². The molecule has 0 unspecified atom stereocenters. The van der Waals surface area contributed by atoms with Gasteiger partial charge in [-0.25, -0.2) is 0 Å². The van der Waals surface area contributed by atoms with E-state index < -0.39 is 0 Å². The van der Waals surface area contributed by atoms with Crippen molar-refractivity contribution in [3.63, 3.8) is 0 Å². The molecule has 0 aliphatic carbocycles. The van der Waals surface area contributed by atoms with Gasteiger partial charge in [-0.1, -0.05) is 12.1 Å². The lowest BCUT2D eigenvalue weighted by Gasteiger charge is -2.21. The Labute approximate surface area is 73.4 Å². The molecule has 12 heavy (non-hydrogen) atoms. The summed E-state index contributed by atoms with van der Waals surface area (Å²) >= 11 is 0. The monoisotopic (exact) mass is 164 g/mol. The number of aliphatic hydroxyl groups is 1. The van der Waals surface area contributed by atoms with Crippen molar-refractivity contribution in [3.05, 3.63) is 30.3 Å². The first-order chi connectivity index (χ1) is 5.88. The minimum atomic E-state index is 0.197. The van der Waals surface area contributed by atoms with Gasteiger partial charge in [0.2, 0.25) is 0 Å². The first-order valence-corrected chi connectivity index (χ1v) is 4.20. The molecule has 1 radical (unpaired) electrons. The molecule has 0 saturated carbocycles. The van der Waals surface area contributed by atoms with E-state index in [1.807, 2.05) is 24.3 Å². The highest BCUT2D eigenvalue weighted by Crippen LogP contribution is 2.11. The van der Waals surface area contributed by atoms with Gasteiger partial charge in [-0.05, 0) is 25.1 Å². The summed E-state index contributed by atoms with van der Waals surface area (Å²) in [4.78, 5) is 2.11. The second-order valence-electron chi connectivity index (χ2n) is 2.56. The molecule has 2 nitrogen and oxygen atoms in total. The largest absolute Gasteiger partial charge is 0.395 e. The van der Waals surface area contributed by atoms with E-state index in [2.05, 4.69) is 17.9 Å². The van der Waals surface area contributed by atoms with Gasteiger partial charge in [0.15, 0.2) is 0 Å². The van der Waals surface area contributed by atoms with Crippen LogP contribution in [0.4, 0.5) is 5.69 Å². The minimum Gasteiger partial charge on any atom is -0.395 e. The molecule has 1 rings (SSSR count). The lowest BCUT2D eigenvalue weighted by atomic mass is 10.3. The third-order valence-corrected chi connectivity index (χ3v) is 1.81. The number of hydrogen-bond acceptors (Lipinski definition) is 2. The van der Waals surface area contributed by atoms with Gasteiger partial charge >= 0.3 is 0 Å². The van der Waals surface area contributed by atoms with Crippen LogP contribution in [-0.4, -0.2) is 24.8 Å². The number of nitrogens with zero attached hydrogens (tertiary/aromatic N) is 1. The normalized spacial score (nSPS) is 9.83. The number of hydrogen-bond donors (Lipinski definition) is 1. The molecule has 65 valence electrons. The zero-order chi connectivity index (χ0) is 8.81. The molecule has 0 fully saturated rings. The van der Waals surface area contributed by atoms with E-state index in [1.165, 1.54) is 0 Å². The van der Waals surface area contributed by atoms with Crippen molar-refractivity contribution in [2.45, 2.75) is 6.92 Å². The average Bonchev–Trinajstić information content (AvgIpc) is 2.15. The van der Waals surface area contributed by atoms with E-state index in [1.54, 1.807) is 0 Å². The Bertz CT molecular complexity index is 210. The molecule has 2 heteroatoms. The van der Waals surface area contributed by atoms with E-state index in [0.29, 0.717) is 6.54 Å². The molecular formula is C10H14NO. The van der Waals surface area contributed by atoms with Crippen molar-refractivity contribution < 1.29 is 5.11 Å². The van der Waals surface area contributed by atoms with Crippen LogP contribution in [-0.2, 0) is 0 Å². The zero-order valence-electron chi connectivity index (χ0n) is 7.33. The van der Waals surface area contributed by atoms with Crippen LogP contribution >= 0.6 is 0 Å². The summed E-state index contributed by atoms with van der Waals surface area (Å²) in [7, 11) is 0. The quantitative estimate of drug-likeness (QED) is 0.725.